The molecule has 0 bridgehead atoms. The van der Waals surface area contributed by atoms with Gasteiger partial charge in [-0.2, -0.15) is 0 Å². The van der Waals surface area contributed by atoms with E-state index in [0.717, 1.165) is 18.8 Å². The standard InChI is InChI=1S/C18H22FN3O/c1-22(2)12-11-20-15-7-9-16(10-8-15)21-18(23)13-14-5-3-4-6-17(14)19/h3-10,20H,11-13H2,1-2H3,(H,21,23). The first-order valence-corrected chi connectivity index (χ1v) is 7.56. The van der Waals surface area contributed by atoms with Gasteiger partial charge >= 0.3 is 0 Å². The van der Waals surface area contributed by atoms with E-state index in [4.69, 9.17) is 0 Å². The summed E-state index contributed by atoms with van der Waals surface area (Å²) in [4.78, 5) is 14.1. The molecule has 5 heteroatoms. The molecule has 23 heavy (non-hydrogen) atoms. The summed E-state index contributed by atoms with van der Waals surface area (Å²) in [5, 5.41) is 6.08. The molecule has 1 amide bonds. The average Bonchev–Trinajstić information content (AvgIpc) is 2.51. The smallest absolute Gasteiger partial charge is 0.228 e. The van der Waals surface area contributed by atoms with Crippen molar-refractivity contribution in [3.05, 3.63) is 59.9 Å². The second-order valence-electron chi connectivity index (χ2n) is 5.62. The quantitative estimate of drug-likeness (QED) is 0.825. The van der Waals surface area contributed by atoms with Gasteiger partial charge in [0.2, 0.25) is 5.91 Å². The number of anilines is 2. The highest BCUT2D eigenvalue weighted by molar-refractivity contribution is 5.92. The molecule has 0 aliphatic rings. The number of halogens is 1. The highest BCUT2D eigenvalue weighted by Crippen LogP contribution is 2.14. The van der Waals surface area contributed by atoms with Gasteiger partial charge < -0.3 is 15.5 Å². The van der Waals surface area contributed by atoms with Gasteiger partial charge in [-0.25, -0.2) is 4.39 Å². The molecule has 0 saturated heterocycles. The molecular weight excluding hydrogens is 293 g/mol. The van der Waals surface area contributed by atoms with Crippen molar-refractivity contribution in [3.63, 3.8) is 0 Å². The highest BCUT2D eigenvalue weighted by atomic mass is 19.1. The summed E-state index contributed by atoms with van der Waals surface area (Å²) in [6.45, 7) is 1.80. The van der Waals surface area contributed by atoms with Crippen molar-refractivity contribution in [2.45, 2.75) is 6.42 Å². The van der Waals surface area contributed by atoms with Gasteiger partial charge in [0.15, 0.2) is 0 Å². The zero-order valence-electron chi connectivity index (χ0n) is 13.5. The molecule has 0 aliphatic heterocycles. The van der Waals surface area contributed by atoms with Crippen LogP contribution < -0.4 is 10.6 Å². The first kappa shape index (κ1) is 17.0. The van der Waals surface area contributed by atoms with Gasteiger partial charge in [0, 0.05) is 24.5 Å². The Hall–Kier alpha value is -2.40. The number of rotatable bonds is 7. The Kier molecular flexibility index (Phi) is 6.11. The van der Waals surface area contributed by atoms with E-state index in [0.29, 0.717) is 11.3 Å². The van der Waals surface area contributed by atoms with Crippen LogP contribution in [0.2, 0.25) is 0 Å². The molecule has 0 aromatic heterocycles. The van der Waals surface area contributed by atoms with Gasteiger partial charge in [-0.15, -0.1) is 0 Å². The van der Waals surface area contributed by atoms with E-state index in [-0.39, 0.29) is 18.1 Å². The minimum atomic E-state index is -0.358. The van der Waals surface area contributed by atoms with Crippen LogP contribution in [0.25, 0.3) is 0 Å². The van der Waals surface area contributed by atoms with Crippen LogP contribution in [0.15, 0.2) is 48.5 Å². The first-order valence-electron chi connectivity index (χ1n) is 7.56. The number of hydrogen-bond acceptors (Lipinski definition) is 3. The van der Waals surface area contributed by atoms with Crippen LogP contribution in [-0.2, 0) is 11.2 Å². The lowest BCUT2D eigenvalue weighted by molar-refractivity contribution is -0.115. The molecule has 2 rings (SSSR count). The maximum absolute atomic E-state index is 13.5. The number of nitrogens with zero attached hydrogens (tertiary/aromatic N) is 1. The summed E-state index contributed by atoms with van der Waals surface area (Å²) >= 11 is 0. The lowest BCUT2D eigenvalue weighted by Gasteiger charge is -2.12. The molecule has 0 unspecified atom stereocenters. The van der Waals surface area contributed by atoms with Gasteiger partial charge in [-0.05, 0) is 50.0 Å². The van der Waals surface area contributed by atoms with Crippen molar-refractivity contribution >= 4 is 17.3 Å². The van der Waals surface area contributed by atoms with E-state index >= 15 is 0 Å². The Morgan fingerprint density at radius 3 is 2.35 bits per heavy atom. The molecule has 2 aromatic rings. The third-order valence-corrected chi connectivity index (χ3v) is 3.37. The topological polar surface area (TPSA) is 44.4 Å². The predicted octanol–water partition coefficient (Wildman–Crippen LogP) is 2.98. The Bertz CT molecular complexity index is 641. The summed E-state index contributed by atoms with van der Waals surface area (Å²) < 4.78 is 13.5. The van der Waals surface area contributed by atoms with Crippen molar-refractivity contribution < 1.29 is 9.18 Å². The minimum absolute atomic E-state index is 0.0233. The van der Waals surface area contributed by atoms with Crippen molar-refractivity contribution in [1.82, 2.24) is 4.90 Å². The monoisotopic (exact) mass is 315 g/mol. The fourth-order valence-corrected chi connectivity index (χ4v) is 2.12. The molecule has 122 valence electrons. The molecule has 2 N–H and O–H groups in total. The molecule has 0 aliphatic carbocycles. The maximum Gasteiger partial charge on any atom is 0.228 e. The van der Waals surface area contributed by atoms with E-state index in [1.807, 2.05) is 38.4 Å². The third kappa shape index (κ3) is 5.71. The average molecular weight is 315 g/mol. The van der Waals surface area contributed by atoms with Crippen molar-refractivity contribution in [2.75, 3.05) is 37.8 Å². The molecular formula is C18H22FN3O. The zero-order valence-corrected chi connectivity index (χ0v) is 13.5. The molecule has 0 saturated carbocycles. The van der Waals surface area contributed by atoms with E-state index in [2.05, 4.69) is 15.5 Å². The van der Waals surface area contributed by atoms with Crippen LogP contribution in [0.3, 0.4) is 0 Å². The maximum atomic E-state index is 13.5. The van der Waals surface area contributed by atoms with Crippen molar-refractivity contribution in [2.24, 2.45) is 0 Å². The second-order valence-corrected chi connectivity index (χ2v) is 5.62. The van der Waals surface area contributed by atoms with Gasteiger partial charge in [0.25, 0.3) is 0 Å². The summed E-state index contributed by atoms with van der Waals surface area (Å²) in [7, 11) is 4.05. The fraction of sp³-hybridized carbons (Fsp3) is 0.278. The second kappa shape index (κ2) is 8.29. The number of amides is 1. The van der Waals surface area contributed by atoms with Gasteiger partial charge in [0.1, 0.15) is 5.82 Å². The minimum Gasteiger partial charge on any atom is -0.384 e. The SMILES string of the molecule is CN(C)CCNc1ccc(NC(=O)Cc2ccccc2F)cc1. The Balaban J connectivity index is 1.85. The van der Waals surface area contributed by atoms with Gasteiger partial charge in [-0.1, -0.05) is 18.2 Å². The number of carbonyl (C=O) groups excluding carboxylic acids is 1. The Morgan fingerprint density at radius 2 is 1.70 bits per heavy atom. The van der Waals surface area contributed by atoms with Crippen LogP contribution in [0.4, 0.5) is 15.8 Å². The fourth-order valence-electron chi connectivity index (χ4n) is 2.12. The summed E-state index contributed by atoms with van der Waals surface area (Å²) in [6, 6.07) is 13.8. The van der Waals surface area contributed by atoms with Crippen LogP contribution in [-0.4, -0.2) is 38.0 Å². The molecule has 0 atom stereocenters. The van der Waals surface area contributed by atoms with Crippen LogP contribution in [0.1, 0.15) is 5.56 Å². The Labute approximate surface area is 136 Å². The summed E-state index contributed by atoms with van der Waals surface area (Å²) in [6.07, 6.45) is 0.0233. The first-order chi connectivity index (χ1) is 11.0. The normalized spacial score (nSPS) is 10.6. The molecule has 0 spiro atoms. The molecule has 0 radical (unpaired) electrons. The van der Waals surface area contributed by atoms with E-state index < -0.39 is 0 Å². The van der Waals surface area contributed by atoms with Crippen LogP contribution >= 0.6 is 0 Å². The lowest BCUT2D eigenvalue weighted by atomic mass is 10.1. The molecule has 0 heterocycles. The number of carbonyl (C=O) groups is 1. The van der Waals surface area contributed by atoms with E-state index in [9.17, 15) is 9.18 Å². The highest BCUT2D eigenvalue weighted by Gasteiger charge is 2.07. The van der Waals surface area contributed by atoms with Crippen molar-refractivity contribution in [3.8, 4) is 0 Å². The van der Waals surface area contributed by atoms with Crippen molar-refractivity contribution in [1.29, 1.82) is 0 Å². The van der Waals surface area contributed by atoms with Crippen LogP contribution in [0.5, 0.6) is 0 Å². The van der Waals surface area contributed by atoms with Crippen LogP contribution in [0, 0.1) is 5.82 Å². The molecule has 0 fully saturated rings. The van der Waals surface area contributed by atoms with Gasteiger partial charge in [0.05, 0.1) is 6.42 Å². The summed E-state index contributed by atoms with van der Waals surface area (Å²) in [5.74, 6) is -0.591. The third-order valence-electron chi connectivity index (χ3n) is 3.37. The van der Waals surface area contributed by atoms with Gasteiger partial charge in [-0.3, -0.25) is 4.79 Å². The molecule has 2 aromatic carbocycles. The van der Waals surface area contributed by atoms with E-state index in [1.165, 1.54) is 6.07 Å². The van der Waals surface area contributed by atoms with E-state index in [1.54, 1.807) is 18.2 Å². The largest absolute Gasteiger partial charge is 0.384 e. The number of nitrogens with one attached hydrogen (secondary N) is 2. The number of benzene rings is 2. The zero-order chi connectivity index (χ0) is 16.7. The Morgan fingerprint density at radius 1 is 1.04 bits per heavy atom. The predicted molar refractivity (Wildman–Crippen MR) is 92.2 cm³/mol. The summed E-state index contributed by atoms with van der Waals surface area (Å²) in [5.41, 5.74) is 2.09. The number of hydrogen-bond donors (Lipinski definition) is 2. The molecule has 4 nitrogen and oxygen atoms in total. The number of likely N-dealkylation sites (N-methyl/N-ethyl adjacent to an activating group) is 1. The lowest BCUT2D eigenvalue weighted by Crippen LogP contribution is -2.20.